The summed E-state index contributed by atoms with van der Waals surface area (Å²) in [7, 11) is -3.51. The van der Waals surface area contributed by atoms with Crippen LogP contribution in [0.3, 0.4) is 0 Å². The van der Waals surface area contributed by atoms with E-state index in [1.54, 1.807) is 55.6 Å². The van der Waals surface area contributed by atoms with E-state index in [1.807, 2.05) is 18.2 Å². The highest BCUT2D eigenvalue weighted by molar-refractivity contribution is 7.90. The van der Waals surface area contributed by atoms with Gasteiger partial charge in [-0.25, -0.2) is 22.0 Å². The zero-order chi connectivity index (χ0) is 22.6. The summed E-state index contributed by atoms with van der Waals surface area (Å²) in [4.78, 5) is 21.4. The molecule has 3 aromatic carbocycles. The first-order chi connectivity index (χ1) is 14.7. The maximum atomic E-state index is 12.5. The second-order valence-electron chi connectivity index (χ2n) is 6.63. The molecule has 8 heteroatoms. The standard InChI is InChI=1S/C14H11NO2S.C9H8O4/c16-18(17,13-7-2-1-3-8-13)15-11-10-12-6-4-5-9-14(12)15;1-5-2-3-6(8(10)11)4-7(5)9(12)13/h1-11H;2-4H,1H3,(H,10,11)(H,12,13). The number of aryl methyl sites for hydroxylation is 1. The van der Waals surface area contributed by atoms with Crippen molar-refractivity contribution in [2.75, 3.05) is 0 Å². The minimum atomic E-state index is -3.51. The molecule has 0 amide bonds. The van der Waals surface area contributed by atoms with Crippen molar-refractivity contribution < 1.29 is 28.2 Å². The van der Waals surface area contributed by atoms with Crippen molar-refractivity contribution in [2.45, 2.75) is 11.8 Å². The first-order valence-corrected chi connectivity index (χ1v) is 10.6. The van der Waals surface area contributed by atoms with Crippen molar-refractivity contribution in [3.63, 3.8) is 0 Å². The summed E-state index contributed by atoms with van der Waals surface area (Å²) >= 11 is 0. The Morgan fingerprint density at radius 1 is 0.806 bits per heavy atom. The fraction of sp³-hybridized carbons (Fsp3) is 0.0435. The molecule has 0 aliphatic heterocycles. The van der Waals surface area contributed by atoms with Crippen LogP contribution in [0.1, 0.15) is 26.3 Å². The molecule has 4 aromatic rings. The summed E-state index contributed by atoms with van der Waals surface area (Å²) < 4.78 is 26.3. The number of nitrogens with zero attached hydrogens (tertiary/aromatic N) is 1. The fourth-order valence-electron chi connectivity index (χ4n) is 2.96. The number of benzene rings is 3. The van der Waals surface area contributed by atoms with Crippen LogP contribution in [0.25, 0.3) is 10.9 Å². The molecule has 7 nitrogen and oxygen atoms in total. The van der Waals surface area contributed by atoms with Crippen molar-refractivity contribution in [1.82, 2.24) is 3.97 Å². The van der Waals surface area contributed by atoms with Gasteiger partial charge in [-0.15, -0.1) is 0 Å². The van der Waals surface area contributed by atoms with Crippen LogP contribution in [0.4, 0.5) is 0 Å². The van der Waals surface area contributed by atoms with Gasteiger partial charge < -0.3 is 10.2 Å². The number of para-hydroxylation sites is 1. The monoisotopic (exact) mass is 437 g/mol. The van der Waals surface area contributed by atoms with E-state index >= 15 is 0 Å². The summed E-state index contributed by atoms with van der Waals surface area (Å²) in [5.41, 5.74) is 1.27. The molecular weight excluding hydrogens is 418 g/mol. The molecule has 4 rings (SSSR count). The normalized spacial score (nSPS) is 10.9. The van der Waals surface area contributed by atoms with E-state index in [2.05, 4.69) is 0 Å². The average molecular weight is 437 g/mol. The van der Waals surface area contributed by atoms with E-state index in [9.17, 15) is 18.0 Å². The largest absolute Gasteiger partial charge is 0.478 e. The molecule has 1 aromatic heterocycles. The van der Waals surface area contributed by atoms with E-state index in [0.717, 1.165) is 11.5 Å². The molecule has 0 aliphatic carbocycles. The Morgan fingerprint density at radius 2 is 1.45 bits per heavy atom. The number of carboxylic acid groups (broad SMARTS) is 2. The van der Waals surface area contributed by atoms with E-state index in [0.29, 0.717) is 16.0 Å². The number of fused-ring (bicyclic) bond motifs is 1. The van der Waals surface area contributed by atoms with Gasteiger partial charge in [-0.05, 0) is 48.9 Å². The predicted octanol–water partition coefficient (Wildman–Crippen LogP) is 4.27. The number of aromatic nitrogens is 1. The van der Waals surface area contributed by atoms with Crippen LogP contribution in [-0.4, -0.2) is 34.5 Å². The van der Waals surface area contributed by atoms with Crippen LogP contribution in [0.2, 0.25) is 0 Å². The summed E-state index contributed by atoms with van der Waals surface area (Å²) in [6.45, 7) is 1.62. The highest BCUT2D eigenvalue weighted by Gasteiger charge is 2.17. The van der Waals surface area contributed by atoms with Gasteiger partial charge in [0.15, 0.2) is 0 Å². The fourth-order valence-corrected chi connectivity index (χ4v) is 4.33. The molecule has 31 heavy (non-hydrogen) atoms. The lowest BCUT2D eigenvalue weighted by Crippen LogP contribution is -2.11. The van der Waals surface area contributed by atoms with Gasteiger partial charge in [0.25, 0.3) is 10.0 Å². The predicted molar refractivity (Wildman–Crippen MR) is 116 cm³/mol. The Morgan fingerprint density at radius 3 is 2.10 bits per heavy atom. The third-order valence-electron chi connectivity index (χ3n) is 4.58. The molecule has 0 fully saturated rings. The third kappa shape index (κ3) is 4.65. The molecule has 0 saturated carbocycles. The minimum Gasteiger partial charge on any atom is -0.478 e. The van der Waals surface area contributed by atoms with Crippen molar-refractivity contribution in [2.24, 2.45) is 0 Å². The molecular formula is C23H19NO6S. The highest BCUT2D eigenvalue weighted by atomic mass is 32.2. The van der Waals surface area contributed by atoms with Gasteiger partial charge in [0.2, 0.25) is 0 Å². The Bertz CT molecular complexity index is 1360. The number of aromatic carboxylic acids is 2. The Hall–Kier alpha value is -3.91. The van der Waals surface area contributed by atoms with Crippen LogP contribution < -0.4 is 0 Å². The quantitative estimate of drug-likeness (QED) is 0.493. The van der Waals surface area contributed by atoms with E-state index in [1.165, 1.54) is 16.1 Å². The topological polar surface area (TPSA) is 114 Å². The molecule has 1 heterocycles. The minimum absolute atomic E-state index is 0.0111. The molecule has 0 spiro atoms. The van der Waals surface area contributed by atoms with Gasteiger partial charge in [-0.2, -0.15) is 0 Å². The van der Waals surface area contributed by atoms with Gasteiger partial charge in [0.1, 0.15) is 0 Å². The Balaban J connectivity index is 0.000000187. The van der Waals surface area contributed by atoms with Crippen LogP contribution >= 0.6 is 0 Å². The summed E-state index contributed by atoms with van der Waals surface area (Å²) in [6.07, 6.45) is 1.59. The number of hydrogen-bond donors (Lipinski definition) is 2. The van der Waals surface area contributed by atoms with Crippen LogP contribution in [-0.2, 0) is 10.0 Å². The lowest BCUT2D eigenvalue weighted by Gasteiger charge is -2.07. The first kappa shape index (κ1) is 21.8. The third-order valence-corrected chi connectivity index (χ3v) is 6.28. The van der Waals surface area contributed by atoms with E-state index in [-0.39, 0.29) is 11.1 Å². The summed E-state index contributed by atoms with van der Waals surface area (Å²) in [5.74, 6) is -2.23. The second-order valence-corrected chi connectivity index (χ2v) is 8.44. The molecule has 0 bridgehead atoms. The molecule has 0 radical (unpaired) electrons. The summed E-state index contributed by atoms with van der Waals surface area (Å²) in [6, 6.07) is 21.7. The van der Waals surface area contributed by atoms with Gasteiger partial charge in [-0.3, -0.25) is 0 Å². The lowest BCUT2D eigenvalue weighted by molar-refractivity contribution is 0.0695. The van der Waals surface area contributed by atoms with E-state index in [4.69, 9.17) is 10.2 Å². The molecule has 0 unspecified atom stereocenters. The molecule has 0 atom stereocenters. The Labute approximate surface area is 178 Å². The van der Waals surface area contributed by atoms with Crippen LogP contribution in [0.5, 0.6) is 0 Å². The average Bonchev–Trinajstić information content (AvgIpc) is 3.20. The maximum Gasteiger partial charge on any atom is 0.335 e. The van der Waals surface area contributed by atoms with Crippen LogP contribution in [0, 0.1) is 6.92 Å². The zero-order valence-electron chi connectivity index (χ0n) is 16.5. The molecule has 2 N–H and O–H groups in total. The van der Waals surface area contributed by atoms with Crippen molar-refractivity contribution >= 4 is 32.9 Å². The lowest BCUT2D eigenvalue weighted by atomic mass is 10.1. The van der Waals surface area contributed by atoms with Gasteiger partial charge >= 0.3 is 11.9 Å². The molecule has 158 valence electrons. The van der Waals surface area contributed by atoms with Crippen molar-refractivity contribution in [1.29, 1.82) is 0 Å². The highest BCUT2D eigenvalue weighted by Crippen LogP contribution is 2.21. The summed E-state index contributed by atoms with van der Waals surface area (Å²) in [5, 5.41) is 18.2. The van der Waals surface area contributed by atoms with Crippen molar-refractivity contribution in [3.8, 4) is 0 Å². The number of carboxylic acids is 2. The number of hydrogen-bond acceptors (Lipinski definition) is 4. The second kappa shape index (κ2) is 8.85. The van der Waals surface area contributed by atoms with E-state index < -0.39 is 22.0 Å². The van der Waals surface area contributed by atoms with Gasteiger partial charge in [0, 0.05) is 11.6 Å². The van der Waals surface area contributed by atoms with Gasteiger partial charge in [-0.1, -0.05) is 42.5 Å². The Kier molecular flexibility index (Phi) is 6.22. The molecule has 0 saturated heterocycles. The number of carbonyl (C=O) groups is 2. The number of rotatable bonds is 4. The first-order valence-electron chi connectivity index (χ1n) is 9.16. The maximum absolute atomic E-state index is 12.5. The van der Waals surface area contributed by atoms with Crippen molar-refractivity contribution in [3.05, 3.63) is 102 Å². The van der Waals surface area contributed by atoms with Gasteiger partial charge in [0.05, 0.1) is 21.5 Å². The van der Waals surface area contributed by atoms with Crippen LogP contribution in [0.15, 0.2) is 90.0 Å². The molecule has 0 aliphatic rings. The smallest absolute Gasteiger partial charge is 0.335 e. The zero-order valence-corrected chi connectivity index (χ0v) is 17.3. The SMILES string of the molecule is Cc1ccc(C(=O)O)cc1C(=O)O.O=S(=O)(c1ccccc1)n1ccc2ccccc21.